The number of amides is 1. The molecule has 1 saturated heterocycles. The minimum atomic E-state index is -1.02. The molecule has 2 heterocycles. The van der Waals surface area contributed by atoms with Gasteiger partial charge in [0.2, 0.25) is 11.7 Å². The summed E-state index contributed by atoms with van der Waals surface area (Å²) in [7, 11) is 0. The maximum Gasteiger partial charge on any atom is 0.311 e. The van der Waals surface area contributed by atoms with Crippen molar-refractivity contribution in [2.45, 2.75) is 44.4 Å². The lowest BCUT2D eigenvalue weighted by atomic mass is 9.85. The van der Waals surface area contributed by atoms with E-state index in [-0.39, 0.29) is 17.3 Å². The van der Waals surface area contributed by atoms with Gasteiger partial charge < -0.3 is 14.7 Å². The number of rotatable bonds is 2. The van der Waals surface area contributed by atoms with E-state index < -0.39 is 22.7 Å². The Morgan fingerprint density at radius 2 is 2.18 bits per heavy atom. The van der Waals surface area contributed by atoms with Gasteiger partial charge in [0.05, 0.1) is 11.0 Å². The van der Waals surface area contributed by atoms with Gasteiger partial charge in [0.25, 0.3) is 0 Å². The van der Waals surface area contributed by atoms with Crippen LogP contribution in [0.3, 0.4) is 0 Å². The Morgan fingerprint density at radius 1 is 1.45 bits per heavy atom. The van der Waals surface area contributed by atoms with Crippen LogP contribution < -0.4 is 4.74 Å². The number of likely N-dealkylation sites (tertiary alicyclic amines) is 1. The first-order chi connectivity index (χ1) is 10.3. The van der Waals surface area contributed by atoms with Crippen LogP contribution >= 0.6 is 0 Å². The van der Waals surface area contributed by atoms with Gasteiger partial charge in [-0.05, 0) is 20.3 Å². The van der Waals surface area contributed by atoms with Crippen LogP contribution in [0.4, 0.5) is 5.69 Å². The molecular weight excluding hydrogens is 288 g/mol. The highest BCUT2D eigenvalue weighted by Gasteiger charge is 2.49. The Morgan fingerprint density at radius 3 is 2.77 bits per heavy atom. The SMILES string of the molecule is CC1(C)Oc2c(cccc2[N+](=O)[O-])C(N2CCCC2=O)[C@@H]1O. The standard InChI is InChI=1S/C15H18N2O5/c1-15(2)14(19)12(16-8-4-7-11(16)18)9-5-3-6-10(17(20)21)13(9)22-15/h3,5-6,12,14,19H,4,7-8H2,1-2H3/t12?,14-/m0/s1. The predicted octanol–water partition coefficient (Wildman–Crippen LogP) is 1.79. The fraction of sp³-hybridized carbons (Fsp3) is 0.533. The van der Waals surface area contributed by atoms with Crippen molar-refractivity contribution < 1.29 is 19.6 Å². The van der Waals surface area contributed by atoms with E-state index in [2.05, 4.69) is 0 Å². The summed E-state index contributed by atoms with van der Waals surface area (Å²) in [6.07, 6.45) is 0.214. The fourth-order valence-electron chi connectivity index (χ4n) is 3.21. The first-order valence-electron chi connectivity index (χ1n) is 7.27. The van der Waals surface area contributed by atoms with E-state index in [9.17, 15) is 20.0 Å². The largest absolute Gasteiger partial charge is 0.478 e. The molecule has 2 aliphatic rings. The third-order valence-electron chi connectivity index (χ3n) is 4.36. The van der Waals surface area contributed by atoms with Crippen LogP contribution in [0.25, 0.3) is 0 Å². The Bertz CT molecular complexity index is 643. The second kappa shape index (κ2) is 4.95. The summed E-state index contributed by atoms with van der Waals surface area (Å²) in [5.41, 5.74) is -0.669. The summed E-state index contributed by atoms with van der Waals surface area (Å²) < 4.78 is 5.72. The number of aliphatic hydroxyl groups is 1. The summed E-state index contributed by atoms with van der Waals surface area (Å²) in [6, 6.07) is 3.99. The van der Waals surface area contributed by atoms with Crippen molar-refractivity contribution in [1.29, 1.82) is 0 Å². The molecule has 0 radical (unpaired) electrons. The molecule has 2 atom stereocenters. The summed E-state index contributed by atoms with van der Waals surface area (Å²) in [5, 5.41) is 21.9. The van der Waals surface area contributed by atoms with Crippen LogP contribution in [0.5, 0.6) is 5.75 Å². The summed E-state index contributed by atoms with van der Waals surface area (Å²) in [6.45, 7) is 3.88. The lowest BCUT2D eigenvalue weighted by Gasteiger charge is -2.44. The van der Waals surface area contributed by atoms with E-state index in [0.717, 1.165) is 6.42 Å². The van der Waals surface area contributed by atoms with E-state index >= 15 is 0 Å². The number of nitro benzene ring substituents is 1. The van der Waals surface area contributed by atoms with E-state index in [1.54, 1.807) is 30.9 Å². The lowest BCUT2D eigenvalue weighted by Crippen LogP contribution is -2.53. The fourth-order valence-corrected chi connectivity index (χ4v) is 3.21. The number of para-hydroxylation sites is 1. The second-order valence-corrected chi connectivity index (χ2v) is 6.24. The van der Waals surface area contributed by atoms with Crippen molar-refractivity contribution in [3.05, 3.63) is 33.9 Å². The first-order valence-corrected chi connectivity index (χ1v) is 7.27. The van der Waals surface area contributed by atoms with Crippen molar-refractivity contribution >= 4 is 11.6 Å². The normalized spacial score (nSPS) is 26.5. The molecule has 1 unspecified atom stereocenters. The van der Waals surface area contributed by atoms with Gasteiger partial charge in [-0.2, -0.15) is 0 Å². The molecule has 22 heavy (non-hydrogen) atoms. The highest BCUT2D eigenvalue weighted by Crippen LogP contribution is 2.47. The number of carbonyl (C=O) groups is 1. The number of carbonyl (C=O) groups excluding carboxylic acids is 1. The predicted molar refractivity (Wildman–Crippen MR) is 77.5 cm³/mol. The average Bonchev–Trinajstić information content (AvgIpc) is 2.85. The van der Waals surface area contributed by atoms with Crippen molar-refractivity contribution in [2.24, 2.45) is 0 Å². The van der Waals surface area contributed by atoms with Crippen LogP contribution in [0.15, 0.2) is 18.2 Å². The van der Waals surface area contributed by atoms with Gasteiger partial charge in [-0.15, -0.1) is 0 Å². The van der Waals surface area contributed by atoms with Gasteiger partial charge in [-0.3, -0.25) is 14.9 Å². The quantitative estimate of drug-likeness (QED) is 0.664. The molecule has 3 rings (SSSR count). The van der Waals surface area contributed by atoms with Crippen LogP contribution in [0.1, 0.15) is 38.3 Å². The van der Waals surface area contributed by atoms with Crippen LogP contribution in [-0.2, 0) is 4.79 Å². The van der Waals surface area contributed by atoms with Crippen LogP contribution in [-0.4, -0.2) is 39.1 Å². The summed E-state index contributed by atoms with van der Waals surface area (Å²) in [4.78, 5) is 24.4. The van der Waals surface area contributed by atoms with Crippen molar-refractivity contribution in [2.75, 3.05) is 6.54 Å². The molecule has 1 N–H and O–H groups in total. The molecule has 0 spiro atoms. The molecule has 1 amide bonds. The second-order valence-electron chi connectivity index (χ2n) is 6.24. The number of fused-ring (bicyclic) bond motifs is 1. The molecule has 1 fully saturated rings. The van der Waals surface area contributed by atoms with Gasteiger partial charge >= 0.3 is 5.69 Å². The van der Waals surface area contributed by atoms with Gasteiger partial charge in [0.1, 0.15) is 11.7 Å². The smallest absolute Gasteiger partial charge is 0.311 e. The first kappa shape index (κ1) is 14.8. The number of hydrogen-bond donors (Lipinski definition) is 1. The number of aliphatic hydroxyl groups excluding tert-OH is 1. The molecule has 0 aromatic heterocycles. The third-order valence-corrected chi connectivity index (χ3v) is 4.36. The van der Waals surface area contributed by atoms with Gasteiger partial charge in [0, 0.05) is 24.6 Å². The van der Waals surface area contributed by atoms with Crippen LogP contribution in [0, 0.1) is 10.1 Å². The minimum Gasteiger partial charge on any atom is -0.478 e. The Kier molecular flexibility index (Phi) is 3.32. The highest BCUT2D eigenvalue weighted by atomic mass is 16.6. The van der Waals surface area contributed by atoms with Crippen molar-refractivity contribution in [3.8, 4) is 5.75 Å². The number of nitro groups is 1. The molecule has 2 aliphatic heterocycles. The summed E-state index contributed by atoms with van der Waals surface area (Å²) >= 11 is 0. The topological polar surface area (TPSA) is 92.9 Å². The van der Waals surface area contributed by atoms with E-state index in [1.807, 2.05) is 0 Å². The molecule has 0 bridgehead atoms. The summed E-state index contributed by atoms with van der Waals surface area (Å²) in [5.74, 6) is 0.103. The number of ether oxygens (including phenoxy) is 1. The molecule has 1 aromatic carbocycles. The Balaban J connectivity index is 2.16. The van der Waals surface area contributed by atoms with E-state index in [1.165, 1.54) is 6.07 Å². The molecular formula is C15H18N2O5. The Hall–Kier alpha value is -2.15. The Labute approximate surface area is 127 Å². The molecule has 118 valence electrons. The zero-order valence-corrected chi connectivity index (χ0v) is 12.5. The third kappa shape index (κ3) is 2.12. The molecule has 0 aliphatic carbocycles. The maximum absolute atomic E-state index is 12.1. The molecule has 7 nitrogen and oxygen atoms in total. The van der Waals surface area contributed by atoms with Gasteiger partial charge in [-0.25, -0.2) is 0 Å². The monoisotopic (exact) mass is 306 g/mol. The highest BCUT2D eigenvalue weighted by molar-refractivity contribution is 5.79. The molecule has 7 heteroatoms. The van der Waals surface area contributed by atoms with E-state index in [0.29, 0.717) is 18.5 Å². The number of benzene rings is 1. The maximum atomic E-state index is 12.1. The van der Waals surface area contributed by atoms with Crippen molar-refractivity contribution in [1.82, 2.24) is 4.90 Å². The zero-order valence-electron chi connectivity index (χ0n) is 12.5. The minimum absolute atomic E-state index is 0.0424. The van der Waals surface area contributed by atoms with Crippen molar-refractivity contribution in [3.63, 3.8) is 0 Å². The molecule has 0 saturated carbocycles. The van der Waals surface area contributed by atoms with E-state index in [4.69, 9.17) is 4.74 Å². The number of nitrogens with zero attached hydrogens (tertiary/aromatic N) is 2. The van der Waals surface area contributed by atoms with Gasteiger partial charge in [-0.1, -0.05) is 12.1 Å². The number of hydrogen-bond acceptors (Lipinski definition) is 5. The van der Waals surface area contributed by atoms with Gasteiger partial charge in [0.15, 0.2) is 0 Å². The molecule has 1 aromatic rings. The average molecular weight is 306 g/mol. The lowest BCUT2D eigenvalue weighted by molar-refractivity contribution is -0.386. The zero-order chi connectivity index (χ0) is 16.1. The van der Waals surface area contributed by atoms with Crippen LogP contribution in [0.2, 0.25) is 0 Å².